The van der Waals surface area contributed by atoms with Gasteiger partial charge in [-0.3, -0.25) is 14.4 Å². The van der Waals surface area contributed by atoms with Gasteiger partial charge >= 0.3 is 0 Å². The van der Waals surface area contributed by atoms with Crippen LogP contribution in [0.5, 0.6) is 0 Å². The van der Waals surface area contributed by atoms with Crippen molar-refractivity contribution in [1.29, 1.82) is 0 Å². The Labute approximate surface area is 171 Å². The first-order chi connectivity index (χ1) is 13.9. The molecule has 29 heavy (non-hydrogen) atoms. The summed E-state index contributed by atoms with van der Waals surface area (Å²) in [6, 6.07) is -0.615. The smallest absolute Gasteiger partial charge is 0.246 e. The molecule has 2 unspecified atom stereocenters. The van der Waals surface area contributed by atoms with Gasteiger partial charge in [-0.15, -0.1) is 0 Å². The predicted octanol–water partition coefficient (Wildman–Crippen LogP) is 0.328. The van der Waals surface area contributed by atoms with Gasteiger partial charge in [0.15, 0.2) is 0 Å². The Morgan fingerprint density at radius 2 is 1.93 bits per heavy atom. The highest BCUT2D eigenvalue weighted by atomic mass is 16.5. The molecular formula is C21H33N3O5. The molecule has 0 radical (unpaired) electrons. The van der Waals surface area contributed by atoms with Gasteiger partial charge in [-0.05, 0) is 39.0 Å². The molecule has 8 heteroatoms. The topological polar surface area (TPSA) is 108 Å². The Morgan fingerprint density at radius 3 is 2.59 bits per heavy atom. The largest absolute Gasteiger partial charge is 0.396 e. The zero-order chi connectivity index (χ0) is 20.8. The molecule has 8 nitrogen and oxygen atoms in total. The molecule has 0 aromatic carbocycles. The predicted molar refractivity (Wildman–Crippen MR) is 105 cm³/mol. The Bertz CT molecular complexity index is 694. The number of aliphatic hydroxyl groups is 1. The third kappa shape index (κ3) is 3.06. The molecule has 4 rings (SSSR count). The Balaban J connectivity index is 1.67. The molecule has 1 saturated carbocycles. The highest BCUT2D eigenvalue weighted by Gasteiger charge is 2.77. The third-order valence-electron chi connectivity index (χ3n) is 7.56. The van der Waals surface area contributed by atoms with Gasteiger partial charge in [-0.2, -0.15) is 0 Å². The van der Waals surface area contributed by atoms with Gasteiger partial charge < -0.3 is 25.4 Å². The lowest BCUT2D eigenvalue weighted by Gasteiger charge is -2.35. The van der Waals surface area contributed by atoms with Gasteiger partial charge in [0, 0.05) is 26.2 Å². The molecule has 3 amide bonds. The number of aliphatic hydroxyl groups excluding tert-OH is 1. The van der Waals surface area contributed by atoms with Crippen LogP contribution >= 0.6 is 0 Å². The van der Waals surface area contributed by atoms with E-state index in [0.29, 0.717) is 19.3 Å². The van der Waals surface area contributed by atoms with Crippen LogP contribution in [0.3, 0.4) is 0 Å². The van der Waals surface area contributed by atoms with Crippen molar-refractivity contribution in [2.75, 3.05) is 20.2 Å². The summed E-state index contributed by atoms with van der Waals surface area (Å²) in [6.07, 6.45) is 6.94. The molecule has 0 aromatic rings. The summed E-state index contributed by atoms with van der Waals surface area (Å²) in [5, 5.41) is 15.2. The van der Waals surface area contributed by atoms with Crippen LogP contribution in [0.4, 0.5) is 0 Å². The monoisotopic (exact) mass is 407 g/mol. The average molecular weight is 408 g/mol. The van der Waals surface area contributed by atoms with Crippen LogP contribution in [0.1, 0.15) is 58.3 Å². The van der Waals surface area contributed by atoms with Crippen molar-refractivity contribution in [3.63, 3.8) is 0 Å². The Morgan fingerprint density at radius 1 is 1.21 bits per heavy atom. The normalized spacial score (nSPS) is 38.9. The van der Waals surface area contributed by atoms with Gasteiger partial charge in [-0.1, -0.05) is 19.3 Å². The fourth-order valence-electron chi connectivity index (χ4n) is 6.29. The molecular weight excluding hydrogens is 374 g/mol. The highest BCUT2D eigenvalue weighted by molar-refractivity contribution is 5.99. The number of hydrogen-bond donors (Lipinski definition) is 3. The summed E-state index contributed by atoms with van der Waals surface area (Å²) in [4.78, 5) is 41.2. The number of hydrogen-bond acceptors (Lipinski definition) is 5. The second-order valence-electron chi connectivity index (χ2n) is 9.29. The molecule has 3 N–H and O–H groups in total. The van der Waals surface area contributed by atoms with Crippen LogP contribution < -0.4 is 10.6 Å². The van der Waals surface area contributed by atoms with Crippen LogP contribution in [-0.2, 0) is 19.1 Å². The zero-order valence-electron chi connectivity index (χ0n) is 17.4. The van der Waals surface area contributed by atoms with Crippen LogP contribution in [0.2, 0.25) is 0 Å². The van der Waals surface area contributed by atoms with E-state index < -0.39 is 29.1 Å². The Hall–Kier alpha value is -1.67. The minimum atomic E-state index is -0.961. The molecule has 4 fully saturated rings. The van der Waals surface area contributed by atoms with E-state index >= 15 is 0 Å². The van der Waals surface area contributed by atoms with Gasteiger partial charge in [0.1, 0.15) is 11.6 Å². The van der Waals surface area contributed by atoms with E-state index in [1.54, 1.807) is 11.9 Å². The van der Waals surface area contributed by atoms with Crippen molar-refractivity contribution >= 4 is 17.7 Å². The summed E-state index contributed by atoms with van der Waals surface area (Å²) in [7, 11) is 1.57. The van der Waals surface area contributed by atoms with Gasteiger partial charge in [0.2, 0.25) is 17.7 Å². The standard InChI is InChI=1S/C21H33N3O5/c1-20-9-10-21(29-20)15(14(20)17(26)22-2)19(28)24(11-6-12-25)16(21)18(27)23-13-7-4-3-5-8-13/h13-16,25H,3-12H2,1-2H3,(H,22,26)(H,23,27)/t14-,15+,16?,20+,21?/m1/s1. The van der Waals surface area contributed by atoms with Crippen molar-refractivity contribution in [2.24, 2.45) is 11.8 Å². The maximum atomic E-state index is 13.5. The van der Waals surface area contributed by atoms with Crippen molar-refractivity contribution in [2.45, 2.75) is 81.6 Å². The number of carbonyl (C=O) groups excluding carboxylic acids is 3. The van der Waals surface area contributed by atoms with Crippen molar-refractivity contribution < 1.29 is 24.2 Å². The van der Waals surface area contributed by atoms with Crippen molar-refractivity contribution in [3.8, 4) is 0 Å². The third-order valence-corrected chi connectivity index (χ3v) is 7.56. The fraction of sp³-hybridized carbons (Fsp3) is 0.857. The summed E-state index contributed by atoms with van der Waals surface area (Å²) in [5.41, 5.74) is -1.69. The van der Waals surface area contributed by atoms with E-state index in [2.05, 4.69) is 10.6 Å². The van der Waals surface area contributed by atoms with E-state index in [0.717, 1.165) is 25.7 Å². The number of fused-ring (bicyclic) bond motifs is 1. The highest BCUT2D eigenvalue weighted by Crippen LogP contribution is 2.63. The SMILES string of the molecule is CNC(=O)[C@H]1[C@H]2C(=O)N(CCCO)C(C(=O)NC3CCCCC3)C23CC[C@]1(C)O3. The summed E-state index contributed by atoms with van der Waals surface area (Å²) >= 11 is 0. The second-order valence-corrected chi connectivity index (χ2v) is 9.29. The van der Waals surface area contributed by atoms with E-state index in [9.17, 15) is 19.5 Å². The molecule has 3 saturated heterocycles. The van der Waals surface area contributed by atoms with E-state index in [4.69, 9.17) is 4.74 Å². The molecule has 4 aliphatic rings. The fourth-order valence-corrected chi connectivity index (χ4v) is 6.29. The number of rotatable bonds is 6. The number of carbonyl (C=O) groups is 3. The average Bonchev–Trinajstić information content (AvgIpc) is 3.27. The van der Waals surface area contributed by atoms with Crippen LogP contribution in [0, 0.1) is 11.8 Å². The van der Waals surface area contributed by atoms with Gasteiger partial charge in [0.05, 0.1) is 17.4 Å². The first-order valence-electron chi connectivity index (χ1n) is 11.0. The first kappa shape index (κ1) is 20.6. The van der Waals surface area contributed by atoms with Gasteiger partial charge in [0.25, 0.3) is 0 Å². The molecule has 2 bridgehead atoms. The number of amides is 3. The quantitative estimate of drug-likeness (QED) is 0.588. The van der Waals surface area contributed by atoms with Crippen LogP contribution in [-0.4, -0.2) is 71.2 Å². The van der Waals surface area contributed by atoms with Crippen molar-refractivity contribution in [1.82, 2.24) is 15.5 Å². The lowest BCUT2D eigenvalue weighted by atomic mass is 9.66. The molecule has 0 aromatic heterocycles. The maximum Gasteiger partial charge on any atom is 0.246 e. The summed E-state index contributed by atoms with van der Waals surface area (Å²) in [5.74, 6) is -1.82. The zero-order valence-corrected chi connectivity index (χ0v) is 17.4. The molecule has 1 aliphatic carbocycles. The maximum absolute atomic E-state index is 13.5. The Kier molecular flexibility index (Phi) is 5.36. The van der Waals surface area contributed by atoms with Gasteiger partial charge in [-0.25, -0.2) is 0 Å². The number of nitrogens with one attached hydrogen (secondary N) is 2. The first-order valence-corrected chi connectivity index (χ1v) is 11.0. The molecule has 162 valence electrons. The summed E-state index contributed by atoms with van der Waals surface area (Å²) < 4.78 is 6.46. The molecule has 3 heterocycles. The van der Waals surface area contributed by atoms with E-state index in [1.165, 1.54) is 6.42 Å². The van der Waals surface area contributed by atoms with Crippen molar-refractivity contribution in [3.05, 3.63) is 0 Å². The lowest BCUT2D eigenvalue weighted by Crippen LogP contribution is -2.57. The summed E-state index contributed by atoms with van der Waals surface area (Å²) in [6.45, 7) is 2.12. The molecule has 5 atom stereocenters. The minimum absolute atomic E-state index is 0.0597. The minimum Gasteiger partial charge on any atom is -0.396 e. The molecule has 1 spiro atoms. The van der Waals surface area contributed by atoms with E-state index in [-0.39, 0.29) is 36.9 Å². The number of likely N-dealkylation sites (tertiary alicyclic amines) is 1. The number of nitrogens with zero attached hydrogens (tertiary/aromatic N) is 1. The van der Waals surface area contributed by atoms with Crippen LogP contribution in [0.25, 0.3) is 0 Å². The molecule has 3 aliphatic heterocycles. The number of ether oxygens (including phenoxy) is 1. The van der Waals surface area contributed by atoms with Crippen LogP contribution in [0.15, 0.2) is 0 Å². The van der Waals surface area contributed by atoms with E-state index in [1.807, 2.05) is 6.92 Å². The lowest BCUT2D eigenvalue weighted by molar-refractivity contribution is -0.146. The second kappa shape index (κ2) is 7.54.